The number of rotatable bonds is 3. The molecular weight excluding hydrogens is 376 g/mol. The van der Waals surface area contributed by atoms with Gasteiger partial charge in [0.25, 0.3) is 0 Å². The van der Waals surface area contributed by atoms with Crippen LogP contribution in [0.3, 0.4) is 0 Å². The molecule has 4 rings (SSSR count). The Kier molecular flexibility index (Phi) is 5.55. The fourth-order valence-corrected chi connectivity index (χ4v) is 8.95. The van der Waals surface area contributed by atoms with Crippen LogP contribution < -0.4 is 0 Å². The fraction of sp³-hybridized carbons (Fsp3) is 0.767. The Balaban J connectivity index is 1.67. The van der Waals surface area contributed by atoms with E-state index >= 15 is 0 Å². The number of Topliss-reactive ketones (excluding diaryl/α,β-unsaturated/α-hetero) is 1. The summed E-state index contributed by atoms with van der Waals surface area (Å²) >= 11 is 0. The molecule has 3 saturated carbocycles. The smallest absolute Gasteiger partial charge is 0.138 e. The van der Waals surface area contributed by atoms with Crippen LogP contribution in [0.2, 0.25) is 0 Å². The Morgan fingerprint density at radius 1 is 1.06 bits per heavy atom. The van der Waals surface area contributed by atoms with Crippen LogP contribution >= 0.6 is 0 Å². The minimum Gasteiger partial charge on any atom is -0.299 e. The Hall–Kier alpha value is -1.11. The van der Waals surface area contributed by atoms with Gasteiger partial charge in [-0.2, -0.15) is 0 Å². The van der Waals surface area contributed by atoms with Crippen LogP contribution in [0.4, 0.5) is 0 Å². The molecule has 1 nitrogen and oxygen atoms in total. The maximum Gasteiger partial charge on any atom is 0.138 e. The molecule has 0 N–H and O–H groups in total. The summed E-state index contributed by atoms with van der Waals surface area (Å²) in [6.07, 6.45) is 18.0. The first-order valence-corrected chi connectivity index (χ1v) is 12.9. The van der Waals surface area contributed by atoms with Gasteiger partial charge in [-0.1, -0.05) is 77.0 Å². The molecule has 0 radical (unpaired) electrons. The Morgan fingerprint density at radius 2 is 1.77 bits per heavy atom. The van der Waals surface area contributed by atoms with Crippen LogP contribution in [0.15, 0.2) is 35.5 Å². The molecule has 172 valence electrons. The van der Waals surface area contributed by atoms with Crippen molar-refractivity contribution >= 4 is 5.78 Å². The van der Waals surface area contributed by atoms with Gasteiger partial charge in [0.15, 0.2) is 0 Å². The fourth-order valence-electron chi connectivity index (χ4n) is 8.95. The maximum atomic E-state index is 12.8. The zero-order valence-electron chi connectivity index (χ0n) is 21.5. The van der Waals surface area contributed by atoms with Gasteiger partial charge in [-0.25, -0.2) is 0 Å². The van der Waals surface area contributed by atoms with E-state index in [1.807, 2.05) is 0 Å². The van der Waals surface area contributed by atoms with E-state index in [9.17, 15) is 4.79 Å². The van der Waals surface area contributed by atoms with Crippen molar-refractivity contribution in [3.63, 3.8) is 0 Å². The highest BCUT2D eigenvalue weighted by atomic mass is 16.1. The Morgan fingerprint density at radius 3 is 2.45 bits per heavy atom. The van der Waals surface area contributed by atoms with Crippen molar-refractivity contribution in [1.82, 2.24) is 0 Å². The van der Waals surface area contributed by atoms with Gasteiger partial charge in [0, 0.05) is 11.8 Å². The van der Waals surface area contributed by atoms with E-state index in [1.54, 1.807) is 5.57 Å². The molecule has 0 aromatic carbocycles. The number of allylic oxidation sites excluding steroid dienone is 6. The Bertz CT molecular complexity index is 836. The van der Waals surface area contributed by atoms with Gasteiger partial charge < -0.3 is 0 Å². The molecule has 0 bridgehead atoms. The molecule has 0 saturated heterocycles. The first kappa shape index (κ1) is 23.1. The minimum absolute atomic E-state index is 0.168. The van der Waals surface area contributed by atoms with Crippen LogP contribution in [-0.4, -0.2) is 5.78 Å². The summed E-state index contributed by atoms with van der Waals surface area (Å²) in [7, 11) is 0. The number of hydrogen-bond donors (Lipinski definition) is 0. The summed E-state index contributed by atoms with van der Waals surface area (Å²) in [5.74, 6) is 3.06. The third kappa shape index (κ3) is 3.19. The highest BCUT2D eigenvalue weighted by molar-refractivity contribution is 5.85. The van der Waals surface area contributed by atoms with Crippen LogP contribution in [0.25, 0.3) is 0 Å². The van der Waals surface area contributed by atoms with Gasteiger partial charge in [-0.15, -0.1) is 0 Å². The second-order valence-corrected chi connectivity index (χ2v) is 13.1. The van der Waals surface area contributed by atoms with Crippen molar-refractivity contribution in [1.29, 1.82) is 0 Å². The molecule has 0 heterocycles. The van der Waals surface area contributed by atoms with Gasteiger partial charge in [0.2, 0.25) is 0 Å². The lowest BCUT2D eigenvalue weighted by Gasteiger charge is -2.63. The monoisotopic (exact) mass is 422 g/mol. The van der Waals surface area contributed by atoms with Crippen molar-refractivity contribution < 1.29 is 4.79 Å². The second-order valence-electron chi connectivity index (χ2n) is 13.1. The molecule has 0 spiro atoms. The molecule has 31 heavy (non-hydrogen) atoms. The van der Waals surface area contributed by atoms with Gasteiger partial charge in [-0.05, 0) is 92.3 Å². The van der Waals surface area contributed by atoms with Crippen molar-refractivity contribution in [3.8, 4) is 0 Å². The van der Waals surface area contributed by atoms with Gasteiger partial charge >= 0.3 is 0 Å². The molecule has 1 heteroatoms. The molecule has 7 atom stereocenters. The summed E-state index contributed by atoms with van der Waals surface area (Å²) in [5.41, 5.74) is 3.98. The van der Waals surface area contributed by atoms with Gasteiger partial charge in [0.1, 0.15) is 5.78 Å². The second kappa shape index (κ2) is 7.46. The van der Waals surface area contributed by atoms with Crippen LogP contribution in [-0.2, 0) is 4.79 Å². The van der Waals surface area contributed by atoms with E-state index in [4.69, 9.17) is 0 Å². The third-order valence-electron chi connectivity index (χ3n) is 11.1. The molecular formula is C30H46O. The molecule has 0 aromatic rings. The predicted molar refractivity (Wildman–Crippen MR) is 132 cm³/mol. The average Bonchev–Trinajstić information content (AvgIpc) is 2.96. The van der Waals surface area contributed by atoms with E-state index in [1.165, 1.54) is 31.3 Å². The van der Waals surface area contributed by atoms with Crippen molar-refractivity contribution in [2.24, 2.45) is 45.3 Å². The van der Waals surface area contributed by atoms with E-state index in [0.717, 1.165) is 25.2 Å². The number of carbonyl (C=O) groups excluding carboxylic acids is 1. The molecule has 4 aliphatic rings. The highest BCUT2D eigenvalue weighted by Crippen LogP contribution is 2.73. The quantitative estimate of drug-likeness (QED) is 0.330. The standard InChI is InChI=1S/C30H46O/c1-20(2)10-9-11-21(3)22-14-18-30(8)24-12-13-25-27(4,5)26(31)16-17-28(25,6)23(24)15-19-29(22,30)7/h9-12,21-23,25H,13-19H2,1-8H3. The summed E-state index contributed by atoms with van der Waals surface area (Å²) in [5, 5.41) is 0. The average molecular weight is 423 g/mol. The van der Waals surface area contributed by atoms with Gasteiger partial charge in [-0.3, -0.25) is 4.79 Å². The van der Waals surface area contributed by atoms with Gasteiger partial charge in [0.05, 0.1) is 0 Å². The lowest BCUT2D eigenvalue weighted by atomic mass is 9.41. The van der Waals surface area contributed by atoms with Crippen LogP contribution in [0.1, 0.15) is 100 Å². The molecule has 0 amide bonds. The predicted octanol–water partition coefficient (Wildman–Crippen LogP) is 8.32. The van der Waals surface area contributed by atoms with E-state index in [2.05, 4.69) is 79.7 Å². The summed E-state index contributed by atoms with van der Waals surface area (Å²) in [6.45, 7) is 19.0. The molecule has 3 fully saturated rings. The molecule has 0 aliphatic heterocycles. The van der Waals surface area contributed by atoms with E-state index in [-0.39, 0.29) is 5.41 Å². The number of carbonyl (C=O) groups is 1. The molecule has 0 aromatic heterocycles. The summed E-state index contributed by atoms with van der Waals surface area (Å²) in [4.78, 5) is 12.8. The number of hydrogen-bond acceptors (Lipinski definition) is 1. The Labute approximate surface area is 191 Å². The number of fused-ring (bicyclic) bond motifs is 5. The first-order chi connectivity index (χ1) is 14.4. The zero-order chi connectivity index (χ0) is 22.8. The largest absolute Gasteiger partial charge is 0.299 e. The minimum atomic E-state index is -0.168. The maximum absolute atomic E-state index is 12.8. The molecule has 7 unspecified atom stereocenters. The lowest BCUT2D eigenvalue weighted by Crippen LogP contribution is -2.57. The SMILES string of the molecule is CC(C)=CC=CC(C)C1CCC2(C)C3=CCC4C(C)(C)C(=O)CCC4(C)C3CCC12C. The zero-order valence-corrected chi connectivity index (χ0v) is 21.5. The summed E-state index contributed by atoms with van der Waals surface area (Å²) in [6, 6.07) is 0. The van der Waals surface area contributed by atoms with Crippen molar-refractivity contribution in [3.05, 3.63) is 35.5 Å². The summed E-state index contributed by atoms with van der Waals surface area (Å²) < 4.78 is 0. The van der Waals surface area contributed by atoms with E-state index in [0.29, 0.717) is 39.8 Å². The highest BCUT2D eigenvalue weighted by Gasteiger charge is 2.65. The topological polar surface area (TPSA) is 17.1 Å². The first-order valence-electron chi connectivity index (χ1n) is 12.9. The van der Waals surface area contributed by atoms with Crippen LogP contribution in [0.5, 0.6) is 0 Å². The molecule has 4 aliphatic carbocycles. The number of ketones is 1. The van der Waals surface area contributed by atoms with Crippen LogP contribution in [0, 0.1) is 45.3 Å². The van der Waals surface area contributed by atoms with E-state index < -0.39 is 0 Å². The third-order valence-corrected chi connectivity index (χ3v) is 11.1. The van der Waals surface area contributed by atoms with Crippen molar-refractivity contribution in [2.45, 2.75) is 100 Å². The lowest BCUT2D eigenvalue weighted by molar-refractivity contribution is -0.145. The van der Waals surface area contributed by atoms with Crippen molar-refractivity contribution in [2.75, 3.05) is 0 Å². The normalized spacial score (nSPS) is 44.8.